The lowest BCUT2D eigenvalue weighted by Gasteiger charge is -2.11. The summed E-state index contributed by atoms with van der Waals surface area (Å²) < 4.78 is 38.4. The molecule has 0 aliphatic rings. The molecule has 1 heterocycles. The van der Waals surface area contributed by atoms with E-state index in [9.17, 15) is 18.0 Å². The first-order valence-electron chi connectivity index (χ1n) is 5.71. The van der Waals surface area contributed by atoms with E-state index in [2.05, 4.69) is 4.98 Å². The molecule has 2 aromatic rings. The summed E-state index contributed by atoms with van der Waals surface area (Å²) in [5, 5.41) is 0. The Balaban J connectivity index is 2.14. The van der Waals surface area contributed by atoms with Gasteiger partial charge in [0.2, 0.25) is 0 Å². The van der Waals surface area contributed by atoms with Crippen LogP contribution in [0.15, 0.2) is 53.7 Å². The van der Waals surface area contributed by atoms with Crippen molar-refractivity contribution in [3.8, 4) is 0 Å². The maximum atomic E-state index is 12.8. The monoisotopic (exact) mass is 297 g/mol. The van der Waals surface area contributed by atoms with E-state index < -0.39 is 17.5 Å². The van der Waals surface area contributed by atoms with E-state index in [1.807, 2.05) is 6.07 Å². The number of ketones is 1. The number of hydrogen-bond donors (Lipinski definition) is 0. The van der Waals surface area contributed by atoms with E-state index in [0.717, 1.165) is 23.4 Å². The summed E-state index contributed by atoms with van der Waals surface area (Å²) in [5.74, 6) is -0.641. The average molecular weight is 297 g/mol. The van der Waals surface area contributed by atoms with Crippen LogP contribution in [0.5, 0.6) is 0 Å². The number of aromatic nitrogens is 1. The zero-order valence-corrected chi connectivity index (χ0v) is 11.0. The minimum absolute atomic E-state index is 0.0568. The van der Waals surface area contributed by atoms with Crippen molar-refractivity contribution in [3.63, 3.8) is 0 Å². The van der Waals surface area contributed by atoms with Crippen LogP contribution in [0.4, 0.5) is 13.2 Å². The maximum Gasteiger partial charge on any atom is 0.417 e. The summed E-state index contributed by atoms with van der Waals surface area (Å²) in [7, 11) is 0. The van der Waals surface area contributed by atoms with Crippen molar-refractivity contribution < 1.29 is 18.0 Å². The van der Waals surface area contributed by atoms with Gasteiger partial charge >= 0.3 is 6.18 Å². The molecule has 0 aliphatic carbocycles. The van der Waals surface area contributed by atoms with E-state index in [1.54, 1.807) is 24.3 Å². The molecule has 2 rings (SSSR count). The number of nitrogens with zero attached hydrogens (tertiary/aromatic N) is 1. The van der Waals surface area contributed by atoms with Crippen LogP contribution < -0.4 is 0 Å². The Morgan fingerprint density at radius 1 is 1.15 bits per heavy atom. The second-order valence-corrected chi connectivity index (χ2v) is 4.99. The molecule has 0 atom stereocenters. The molecule has 0 radical (unpaired) electrons. The Labute approximate surface area is 118 Å². The molecule has 1 aromatic carbocycles. The van der Waals surface area contributed by atoms with Gasteiger partial charge < -0.3 is 0 Å². The first-order chi connectivity index (χ1) is 9.48. The molecule has 0 saturated carbocycles. The second kappa shape index (κ2) is 6.09. The predicted octanol–water partition coefficient (Wildman–Crippen LogP) is 4.08. The minimum atomic E-state index is -4.55. The molecule has 20 heavy (non-hydrogen) atoms. The van der Waals surface area contributed by atoms with Gasteiger partial charge in [-0.2, -0.15) is 13.2 Å². The lowest BCUT2D eigenvalue weighted by Crippen LogP contribution is -2.14. The number of alkyl halides is 3. The molecule has 0 amide bonds. The van der Waals surface area contributed by atoms with Gasteiger partial charge in [0.05, 0.1) is 11.3 Å². The topological polar surface area (TPSA) is 30.0 Å². The summed E-state index contributed by atoms with van der Waals surface area (Å²) in [6, 6.07) is 9.85. The van der Waals surface area contributed by atoms with Gasteiger partial charge in [-0.15, -0.1) is 11.8 Å². The quantitative estimate of drug-likeness (QED) is 0.629. The van der Waals surface area contributed by atoms with Gasteiger partial charge in [0.15, 0.2) is 5.78 Å². The van der Waals surface area contributed by atoms with Gasteiger partial charge in [-0.3, -0.25) is 9.78 Å². The summed E-state index contributed by atoms with van der Waals surface area (Å²) in [5.41, 5.74) is -1.32. The van der Waals surface area contributed by atoms with E-state index >= 15 is 0 Å². The third-order valence-electron chi connectivity index (χ3n) is 2.54. The summed E-state index contributed by atoms with van der Waals surface area (Å²) in [6.45, 7) is 0. The molecule has 0 fully saturated rings. The fraction of sp³-hybridized carbons (Fsp3) is 0.143. The van der Waals surface area contributed by atoms with E-state index in [1.165, 1.54) is 11.8 Å². The lowest BCUT2D eigenvalue weighted by molar-refractivity contribution is -0.138. The number of thioether (sulfide) groups is 1. The Morgan fingerprint density at radius 3 is 2.50 bits per heavy atom. The molecule has 0 bridgehead atoms. The fourth-order valence-corrected chi connectivity index (χ4v) is 2.41. The molecular weight excluding hydrogens is 287 g/mol. The molecule has 1 aromatic heterocycles. The zero-order valence-electron chi connectivity index (χ0n) is 10.2. The highest BCUT2D eigenvalue weighted by molar-refractivity contribution is 8.00. The molecule has 0 aliphatic heterocycles. The van der Waals surface area contributed by atoms with Gasteiger partial charge in [0.25, 0.3) is 0 Å². The smallest absolute Gasteiger partial charge is 0.293 e. The first kappa shape index (κ1) is 14.6. The predicted molar refractivity (Wildman–Crippen MR) is 70.7 cm³/mol. The number of Topliss-reactive ketones (excluding diaryl/α,β-unsaturated/α-hetero) is 1. The maximum absolute atomic E-state index is 12.8. The van der Waals surface area contributed by atoms with Crippen LogP contribution in [0.3, 0.4) is 0 Å². The number of halogens is 3. The van der Waals surface area contributed by atoms with Crippen molar-refractivity contribution in [3.05, 3.63) is 59.9 Å². The summed E-state index contributed by atoms with van der Waals surface area (Å²) in [4.78, 5) is 16.4. The third-order valence-corrected chi connectivity index (χ3v) is 3.55. The highest BCUT2D eigenvalue weighted by Gasteiger charge is 2.34. The number of rotatable bonds is 4. The van der Waals surface area contributed by atoms with Gasteiger partial charge in [0.1, 0.15) is 0 Å². The normalized spacial score (nSPS) is 11.3. The Hall–Kier alpha value is -1.82. The van der Waals surface area contributed by atoms with Crippen molar-refractivity contribution in [2.45, 2.75) is 11.1 Å². The second-order valence-electron chi connectivity index (χ2n) is 3.94. The molecule has 6 heteroatoms. The number of hydrogen-bond acceptors (Lipinski definition) is 3. The molecule has 104 valence electrons. The molecule has 0 saturated heterocycles. The largest absolute Gasteiger partial charge is 0.417 e. The number of carbonyl (C=O) groups excluding carboxylic acids is 1. The van der Waals surface area contributed by atoms with Crippen molar-refractivity contribution in [2.24, 2.45) is 0 Å². The van der Waals surface area contributed by atoms with Crippen LogP contribution in [0.1, 0.15) is 15.9 Å². The molecule has 0 N–H and O–H groups in total. The molecule has 0 spiro atoms. The fourth-order valence-electron chi connectivity index (χ4n) is 1.61. The van der Waals surface area contributed by atoms with Crippen LogP contribution >= 0.6 is 11.8 Å². The molecule has 0 unspecified atom stereocenters. The van der Waals surface area contributed by atoms with Gasteiger partial charge in [-0.25, -0.2) is 0 Å². The van der Waals surface area contributed by atoms with Crippen LogP contribution in [0.25, 0.3) is 0 Å². The number of pyridine rings is 1. The highest BCUT2D eigenvalue weighted by atomic mass is 32.2. The third kappa shape index (κ3) is 3.60. The van der Waals surface area contributed by atoms with Crippen molar-refractivity contribution in [2.75, 3.05) is 5.75 Å². The van der Waals surface area contributed by atoms with E-state index in [4.69, 9.17) is 0 Å². The van der Waals surface area contributed by atoms with Crippen molar-refractivity contribution in [1.82, 2.24) is 4.98 Å². The first-order valence-corrected chi connectivity index (χ1v) is 6.69. The van der Waals surface area contributed by atoms with Crippen LogP contribution in [0.2, 0.25) is 0 Å². The lowest BCUT2D eigenvalue weighted by atomic mass is 10.1. The Morgan fingerprint density at radius 2 is 1.85 bits per heavy atom. The zero-order chi connectivity index (χ0) is 14.6. The van der Waals surface area contributed by atoms with E-state index in [0.29, 0.717) is 0 Å². The number of benzene rings is 1. The van der Waals surface area contributed by atoms with E-state index in [-0.39, 0.29) is 11.3 Å². The van der Waals surface area contributed by atoms with Gasteiger partial charge in [-0.1, -0.05) is 18.2 Å². The highest BCUT2D eigenvalue weighted by Crippen LogP contribution is 2.32. The minimum Gasteiger partial charge on any atom is -0.293 e. The van der Waals surface area contributed by atoms with Crippen molar-refractivity contribution >= 4 is 17.5 Å². The Bertz CT molecular complexity index is 599. The Kier molecular flexibility index (Phi) is 4.44. The summed E-state index contributed by atoms with van der Waals surface area (Å²) in [6.07, 6.45) is -2.55. The van der Waals surface area contributed by atoms with Gasteiger partial charge in [-0.05, 0) is 18.2 Å². The SMILES string of the molecule is O=C(CSc1ccccc1)c1cnccc1C(F)(F)F. The van der Waals surface area contributed by atoms with Crippen LogP contribution in [-0.2, 0) is 6.18 Å². The number of carbonyl (C=O) groups is 1. The van der Waals surface area contributed by atoms with Crippen LogP contribution in [0, 0.1) is 0 Å². The average Bonchev–Trinajstić information content (AvgIpc) is 2.45. The molecular formula is C14H10F3NOS. The van der Waals surface area contributed by atoms with Gasteiger partial charge in [0, 0.05) is 22.9 Å². The molecule has 2 nitrogen and oxygen atoms in total. The summed E-state index contributed by atoms with van der Waals surface area (Å²) >= 11 is 1.20. The standard InChI is InChI=1S/C14H10F3NOS/c15-14(16,17)12-6-7-18-8-11(12)13(19)9-20-10-4-2-1-3-5-10/h1-8H,9H2. The van der Waals surface area contributed by atoms with Crippen molar-refractivity contribution in [1.29, 1.82) is 0 Å². The van der Waals surface area contributed by atoms with Crippen LogP contribution in [-0.4, -0.2) is 16.5 Å².